The Morgan fingerprint density at radius 1 is 1.37 bits per heavy atom. The fourth-order valence-electron chi connectivity index (χ4n) is 1.77. The van der Waals surface area contributed by atoms with Crippen molar-refractivity contribution in [1.82, 2.24) is 10.2 Å². The van der Waals surface area contributed by atoms with Crippen molar-refractivity contribution in [1.29, 1.82) is 0 Å². The van der Waals surface area contributed by atoms with Crippen molar-refractivity contribution in [3.63, 3.8) is 0 Å². The van der Waals surface area contributed by atoms with Crippen LogP contribution in [0, 0.1) is 0 Å². The van der Waals surface area contributed by atoms with E-state index in [0.29, 0.717) is 25.4 Å². The SMILES string of the molecule is CCOC(=O)c1nnc2ccccc2c1NCCN. The second-order valence-electron chi connectivity index (χ2n) is 3.88. The first-order chi connectivity index (χ1) is 9.27. The smallest absolute Gasteiger partial charge is 0.361 e. The fourth-order valence-corrected chi connectivity index (χ4v) is 1.77. The normalized spacial score (nSPS) is 10.4. The second kappa shape index (κ2) is 6.10. The minimum Gasteiger partial charge on any atom is -0.461 e. The van der Waals surface area contributed by atoms with Gasteiger partial charge in [-0.15, -0.1) is 10.2 Å². The summed E-state index contributed by atoms with van der Waals surface area (Å²) in [4.78, 5) is 11.9. The molecule has 100 valence electrons. The molecule has 3 N–H and O–H groups in total. The van der Waals surface area contributed by atoms with Crippen LogP contribution in [0.3, 0.4) is 0 Å². The average Bonchev–Trinajstić information content (AvgIpc) is 2.44. The van der Waals surface area contributed by atoms with Crippen molar-refractivity contribution in [2.75, 3.05) is 25.0 Å². The zero-order valence-corrected chi connectivity index (χ0v) is 10.7. The predicted molar refractivity (Wildman–Crippen MR) is 73.0 cm³/mol. The third-order valence-electron chi connectivity index (χ3n) is 2.58. The van der Waals surface area contributed by atoms with Gasteiger partial charge in [-0.05, 0) is 13.0 Å². The highest BCUT2D eigenvalue weighted by Gasteiger charge is 2.18. The third-order valence-corrected chi connectivity index (χ3v) is 2.58. The molecule has 2 rings (SSSR count). The number of esters is 1. The number of nitrogens with one attached hydrogen (secondary N) is 1. The van der Waals surface area contributed by atoms with E-state index in [1.807, 2.05) is 24.3 Å². The molecule has 1 aromatic heterocycles. The van der Waals surface area contributed by atoms with Gasteiger partial charge in [0, 0.05) is 18.5 Å². The van der Waals surface area contributed by atoms with Gasteiger partial charge in [0.1, 0.15) is 0 Å². The lowest BCUT2D eigenvalue weighted by Crippen LogP contribution is -2.18. The number of anilines is 1. The number of benzene rings is 1. The summed E-state index contributed by atoms with van der Waals surface area (Å²) in [5, 5.41) is 11.9. The summed E-state index contributed by atoms with van der Waals surface area (Å²) in [5.41, 5.74) is 7.02. The minimum atomic E-state index is -0.486. The lowest BCUT2D eigenvalue weighted by molar-refractivity contribution is 0.0519. The van der Waals surface area contributed by atoms with Crippen LogP contribution < -0.4 is 11.1 Å². The Morgan fingerprint density at radius 2 is 2.16 bits per heavy atom. The molecule has 19 heavy (non-hydrogen) atoms. The summed E-state index contributed by atoms with van der Waals surface area (Å²) in [7, 11) is 0. The van der Waals surface area contributed by atoms with Gasteiger partial charge in [-0.1, -0.05) is 18.2 Å². The monoisotopic (exact) mass is 260 g/mol. The summed E-state index contributed by atoms with van der Waals surface area (Å²) in [5.74, 6) is -0.486. The largest absolute Gasteiger partial charge is 0.461 e. The number of fused-ring (bicyclic) bond motifs is 1. The zero-order valence-electron chi connectivity index (χ0n) is 10.7. The van der Waals surface area contributed by atoms with Gasteiger partial charge in [0.15, 0.2) is 5.69 Å². The van der Waals surface area contributed by atoms with Crippen LogP contribution in [0.25, 0.3) is 10.9 Å². The van der Waals surface area contributed by atoms with Gasteiger partial charge in [-0.3, -0.25) is 0 Å². The Labute approximate surface area is 111 Å². The average molecular weight is 260 g/mol. The molecule has 0 aliphatic heterocycles. The van der Waals surface area contributed by atoms with E-state index in [1.165, 1.54) is 0 Å². The molecule has 0 fully saturated rings. The van der Waals surface area contributed by atoms with Crippen LogP contribution in [0.15, 0.2) is 24.3 Å². The van der Waals surface area contributed by atoms with Gasteiger partial charge in [-0.25, -0.2) is 4.79 Å². The molecule has 0 aliphatic rings. The third kappa shape index (κ3) is 2.79. The lowest BCUT2D eigenvalue weighted by atomic mass is 10.1. The first-order valence-corrected chi connectivity index (χ1v) is 6.14. The molecule has 0 saturated heterocycles. The number of aromatic nitrogens is 2. The Hall–Kier alpha value is -2.21. The van der Waals surface area contributed by atoms with Crippen molar-refractivity contribution < 1.29 is 9.53 Å². The summed E-state index contributed by atoms with van der Waals surface area (Å²) < 4.78 is 4.98. The highest BCUT2D eigenvalue weighted by molar-refractivity contribution is 6.03. The molecule has 0 bridgehead atoms. The zero-order chi connectivity index (χ0) is 13.7. The van der Waals surface area contributed by atoms with E-state index in [9.17, 15) is 4.79 Å². The Balaban J connectivity index is 2.52. The predicted octanol–water partition coefficient (Wildman–Crippen LogP) is 1.18. The van der Waals surface area contributed by atoms with E-state index in [1.54, 1.807) is 6.92 Å². The molecule has 0 radical (unpaired) electrons. The maximum absolute atomic E-state index is 11.9. The van der Waals surface area contributed by atoms with Gasteiger partial charge >= 0.3 is 5.97 Å². The van der Waals surface area contributed by atoms with Crippen molar-refractivity contribution in [3.05, 3.63) is 30.0 Å². The Kier molecular flexibility index (Phi) is 4.25. The minimum absolute atomic E-state index is 0.189. The van der Waals surface area contributed by atoms with Gasteiger partial charge < -0.3 is 15.8 Å². The number of nitrogens with zero attached hydrogens (tertiary/aromatic N) is 2. The lowest BCUT2D eigenvalue weighted by Gasteiger charge is -2.11. The summed E-state index contributed by atoms with van der Waals surface area (Å²) >= 11 is 0. The van der Waals surface area contributed by atoms with E-state index < -0.39 is 5.97 Å². The number of carbonyl (C=O) groups excluding carboxylic acids is 1. The summed E-state index contributed by atoms with van der Waals surface area (Å²) in [6.07, 6.45) is 0. The van der Waals surface area contributed by atoms with E-state index >= 15 is 0 Å². The standard InChI is InChI=1S/C13H16N4O2/c1-2-19-13(18)12-11(15-8-7-14)9-5-3-4-6-10(9)16-17-12/h3-6H,2,7-8,14H2,1H3,(H,15,16). The van der Waals surface area contributed by atoms with E-state index in [0.717, 1.165) is 10.9 Å². The van der Waals surface area contributed by atoms with E-state index in [4.69, 9.17) is 10.5 Å². The molecule has 2 aromatic rings. The molecular formula is C13H16N4O2. The highest BCUT2D eigenvalue weighted by atomic mass is 16.5. The van der Waals surface area contributed by atoms with Crippen molar-refractivity contribution in [3.8, 4) is 0 Å². The fraction of sp³-hybridized carbons (Fsp3) is 0.308. The van der Waals surface area contributed by atoms with Crippen molar-refractivity contribution in [2.45, 2.75) is 6.92 Å². The highest BCUT2D eigenvalue weighted by Crippen LogP contribution is 2.24. The van der Waals surface area contributed by atoms with Gasteiger partial charge in [0.2, 0.25) is 0 Å². The van der Waals surface area contributed by atoms with Crippen LogP contribution in [-0.2, 0) is 4.74 Å². The number of hydrogen-bond acceptors (Lipinski definition) is 6. The van der Waals surface area contributed by atoms with Gasteiger partial charge in [0.05, 0.1) is 17.8 Å². The molecule has 0 spiro atoms. The van der Waals surface area contributed by atoms with E-state index in [-0.39, 0.29) is 5.69 Å². The Morgan fingerprint density at radius 3 is 2.89 bits per heavy atom. The Bertz CT molecular complexity index is 586. The number of carbonyl (C=O) groups is 1. The molecule has 1 aromatic carbocycles. The molecule has 6 nitrogen and oxygen atoms in total. The number of nitrogens with two attached hydrogens (primary N) is 1. The van der Waals surface area contributed by atoms with Gasteiger partial charge in [-0.2, -0.15) is 0 Å². The molecule has 1 heterocycles. The van der Waals surface area contributed by atoms with Crippen LogP contribution >= 0.6 is 0 Å². The maximum Gasteiger partial charge on any atom is 0.361 e. The van der Waals surface area contributed by atoms with Crippen LogP contribution in [0.2, 0.25) is 0 Å². The van der Waals surface area contributed by atoms with Crippen LogP contribution in [-0.4, -0.2) is 35.9 Å². The molecule has 0 aliphatic carbocycles. The molecule has 6 heteroatoms. The molecule has 0 atom stereocenters. The molecule has 0 unspecified atom stereocenters. The second-order valence-corrected chi connectivity index (χ2v) is 3.88. The number of hydrogen-bond donors (Lipinski definition) is 2. The molecule has 0 saturated carbocycles. The van der Waals surface area contributed by atoms with Crippen molar-refractivity contribution >= 4 is 22.6 Å². The van der Waals surface area contributed by atoms with Crippen LogP contribution in [0.1, 0.15) is 17.4 Å². The van der Waals surface area contributed by atoms with Gasteiger partial charge in [0.25, 0.3) is 0 Å². The quantitative estimate of drug-likeness (QED) is 0.784. The van der Waals surface area contributed by atoms with Crippen molar-refractivity contribution in [2.24, 2.45) is 5.73 Å². The van der Waals surface area contributed by atoms with Crippen LogP contribution in [0.5, 0.6) is 0 Å². The van der Waals surface area contributed by atoms with Crippen LogP contribution in [0.4, 0.5) is 5.69 Å². The van der Waals surface area contributed by atoms with E-state index in [2.05, 4.69) is 15.5 Å². The summed E-state index contributed by atoms with van der Waals surface area (Å²) in [6.45, 7) is 3.05. The molecule has 0 amide bonds. The number of rotatable bonds is 5. The first-order valence-electron chi connectivity index (χ1n) is 6.14. The maximum atomic E-state index is 11.9. The first kappa shape index (κ1) is 13.2. The topological polar surface area (TPSA) is 90.1 Å². The number of ether oxygens (including phenoxy) is 1. The summed E-state index contributed by atoms with van der Waals surface area (Å²) in [6, 6.07) is 7.47. The molecular weight excluding hydrogens is 244 g/mol.